The predicted molar refractivity (Wildman–Crippen MR) is 88.4 cm³/mol. The van der Waals surface area contributed by atoms with Crippen LogP contribution in [0.2, 0.25) is 0 Å². The molecule has 1 rings (SSSR count). The number of primary amides is 1. The lowest BCUT2D eigenvalue weighted by atomic mass is 10.1. The number of allylic oxidation sites excluding steroid dienone is 5. The molecule has 0 aliphatic heterocycles. The number of rotatable bonds is 9. The second kappa shape index (κ2) is 8.93. The number of hydrogen-bond donors (Lipinski definition) is 3. The second-order valence-electron chi connectivity index (χ2n) is 4.48. The zero-order chi connectivity index (χ0) is 17.2. The standard InChI is InChI=1S/C16H18N4O3/c1-3-12(8-11(2)4-5-16(22)23)13-9-18-10-15(20-13)19-7-6-14(17)21/h3-5,8-10H,1-2,6-7H2,(H2,17,21)(H,19,20)(H,22,23)/b5-4+,12-8+. The van der Waals surface area contributed by atoms with Gasteiger partial charge in [0.1, 0.15) is 5.82 Å². The highest BCUT2D eigenvalue weighted by Crippen LogP contribution is 2.16. The minimum absolute atomic E-state index is 0.187. The predicted octanol–water partition coefficient (Wildman–Crippen LogP) is 1.53. The molecule has 23 heavy (non-hydrogen) atoms. The molecule has 7 heteroatoms. The number of aromatic nitrogens is 2. The summed E-state index contributed by atoms with van der Waals surface area (Å²) in [6.07, 6.45) is 8.82. The highest BCUT2D eigenvalue weighted by molar-refractivity contribution is 5.81. The van der Waals surface area contributed by atoms with Crippen LogP contribution in [-0.2, 0) is 9.59 Å². The van der Waals surface area contributed by atoms with Gasteiger partial charge in [0, 0.05) is 24.6 Å². The number of carbonyl (C=O) groups is 2. The molecule has 7 nitrogen and oxygen atoms in total. The van der Waals surface area contributed by atoms with Crippen molar-refractivity contribution in [2.75, 3.05) is 11.9 Å². The Labute approximate surface area is 133 Å². The van der Waals surface area contributed by atoms with Crippen molar-refractivity contribution in [3.63, 3.8) is 0 Å². The Bertz CT molecular complexity index is 678. The summed E-state index contributed by atoms with van der Waals surface area (Å²) in [5, 5.41) is 11.5. The Kier molecular flexibility index (Phi) is 6.93. The van der Waals surface area contributed by atoms with Crippen LogP contribution in [0, 0.1) is 0 Å². The van der Waals surface area contributed by atoms with Crippen LogP contribution < -0.4 is 11.1 Å². The van der Waals surface area contributed by atoms with Crippen LogP contribution in [0.25, 0.3) is 5.57 Å². The minimum atomic E-state index is -1.06. The van der Waals surface area contributed by atoms with Gasteiger partial charge < -0.3 is 16.2 Å². The maximum absolute atomic E-state index is 10.7. The van der Waals surface area contributed by atoms with E-state index in [0.29, 0.717) is 29.2 Å². The monoisotopic (exact) mass is 314 g/mol. The number of amides is 1. The van der Waals surface area contributed by atoms with Crippen LogP contribution in [-0.4, -0.2) is 33.5 Å². The van der Waals surface area contributed by atoms with Crippen LogP contribution >= 0.6 is 0 Å². The number of hydrogen-bond acceptors (Lipinski definition) is 5. The van der Waals surface area contributed by atoms with E-state index in [9.17, 15) is 9.59 Å². The maximum Gasteiger partial charge on any atom is 0.328 e. The Morgan fingerprint density at radius 2 is 2.09 bits per heavy atom. The zero-order valence-corrected chi connectivity index (χ0v) is 12.5. The van der Waals surface area contributed by atoms with Crippen LogP contribution in [0.5, 0.6) is 0 Å². The molecular weight excluding hydrogens is 296 g/mol. The molecule has 1 heterocycles. The molecule has 4 N–H and O–H groups in total. The lowest BCUT2D eigenvalue weighted by Gasteiger charge is -2.07. The molecule has 0 saturated heterocycles. The van der Waals surface area contributed by atoms with Crippen LogP contribution in [0.1, 0.15) is 12.1 Å². The SMILES string of the molecule is C=C/C(=C\C(=C)/C=C/C(=O)O)c1cncc(NCCC(N)=O)n1. The van der Waals surface area contributed by atoms with Crippen molar-refractivity contribution < 1.29 is 14.7 Å². The van der Waals surface area contributed by atoms with Gasteiger partial charge in [-0.25, -0.2) is 9.78 Å². The highest BCUT2D eigenvalue weighted by Gasteiger charge is 2.03. The first-order valence-electron chi connectivity index (χ1n) is 6.71. The average Bonchev–Trinajstić information content (AvgIpc) is 2.50. The van der Waals surface area contributed by atoms with Gasteiger partial charge in [-0.05, 0) is 17.7 Å². The quantitative estimate of drug-likeness (QED) is 0.470. The van der Waals surface area contributed by atoms with Crippen LogP contribution in [0.3, 0.4) is 0 Å². The van der Waals surface area contributed by atoms with Crippen molar-refractivity contribution in [1.82, 2.24) is 9.97 Å². The van der Waals surface area contributed by atoms with Gasteiger partial charge in [-0.15, -0.1) is 0 Å². The average molecular weight is 314 g/mol. The minimum Gasteiger partial charge on any atom is -0.478 e. The lowest BCUT2D eigenvalue weighted by Crippen LogP contribution is -2.16. The number of aliphatic carboxylic acids is 1. The molecule has 0 aliphatic carbocycles. The third-order valence-electron chi connectivity index (χ3n) is 2.61. The Morgan fingerprint density at radius 1 is 1.35 bits per heavy atom. The number of carboxylic acids is 1. The summed E-state index contributed by atoms with van der Waals surface area (Å²) >= 11 is 0. The summed E-state index contributed by atoms with van der Waals surface area (Å²) in [5.41, 5.74) is 6.72. The van der Waals surface area contributed by atoms with Gasteiger partial charge in [0.2, 0.25) is 5.91 Å². The number of anilines is 1. The first-order valence-corrected chi connectivity index (χ1v) is 6.71. The lowest BCUT2D eigenvalue weighted by molar-refractivity contribution is -0.131. The largest absolute Gasteiger partial charge is 0.478 e. The topological polar surface area (TPSA) is 118 Å². The summed E-state index contributed by atoms with van der Waals surface area (Å²) in [6, 6.07) is 0. The Balaban J connectivity index is 2.89. The molecule has 0 radical (unpaired) electrons. The van der Waals surface area contributed by atoms with Crippen molar-refractivity contribution >= 4 is 23.3 Å². The van der Waals surface area contributed by atoms with E-state index in [1.165, 1.54) is 12.3 Å². The normalized spacial score (nSPS) is 11.2. The number of carboxylic acid groups (broad SMARTS) is 1. The molecule has 0 aromatic carbocycles. The zero-order valence-electron chi connectivity index (χ0n) is 12.5. The Morgan fingerprint density at radius 3 is 2.70 bits per heavy atom. The molecule has 0 atom stereocenters. The van der Waals surface area contributed by atoms with E-state index in [1.54, 1.807) is 18.3 Å². The van der Waals surface area contributed by atoms with E-state index in [2.05, 4.69) is 28.4 Å². The first-order chi connectivity index (χ1) is 10.9. The molecule has 1 aromatic rings. The van der Waals surface area contributed by atoms with Crippen molar-refractivity contribution in [1.29, 1.82) is 0 Å². The van der Waals surface area contributed by atoms with Gasteiger partial charge in [0.15, 0.2) is 0 Å². The summed E-state index contributed by atoms with van der Waals surface area (Å²) in [5.74, 6) is -0.974. The van der Waals surface area contributed by atoms with Gasteiger partial charge >= 0.3 is 5.97 Å². The number of nitrogens with zero attached hydrogens (tertiary/aromatic N) is 2. The first kappa shape index (κ1) is 17.8. The van der Waals surface area contributed by atoms with E-state index < -0.39 is 11.9 Å². The summed E-state index contributed by atoms with van der Waals surface area (Å²) in [7, 11) is 0. The van der Waals surface area contributed by atoms with Gasteiger partial charge in [-0.3, -0.25) is 9.78 Å². The fraction of sp³-hybridized carbons (Fsp3) is 0.125. The maximum atomic E-state index is 10.7. The van der Waals surface area contributed by atoms with Gasteiger partial charge in [0.25, 0.3) is 0 Å². The summed E-state index contributed by atoms with van der Waals surface area (Å²) in [6.45, 7) is 7.80. The van der Waals surface area contributed by atoms with Crippen molar-refractivity contribution in [3.8, 4) is 0 Å². The molecule has 0 fully saturated rings. The summed E-state index contributed by atoms with van der Waals surface area (Å²) in [4.78, 5) is 29.6. The van der Waals surface area contributed by atoms with E-state index in [1.807, 2.05) is 0 Å². The molecule has 0 bridgehead atoms. The molecule has 1 aromatic heterocycles. The fourth-order valence-corrected chi connectivity index (χ4v) is 1.57. The fourth-order valence-electron chi connectivity index (χ4n) is 1.57. The molecule has 0 aliphatic rings. The van der Waals surface area contributed by atoms with Crippen molar-refractivity contribution in [2.45, 2.75) is 6.42 Å². The van der Waals surface area contributed by atoms with E-state index in [4.69, 9.17) is 10.8 Å². The van der Waals surface area contributed by atoms with E-state index in [0.717, 1.165) is 6.08 Å². The molecule has 0 saturated carbocycles. The second-order valence-corrected chi connectivity index (χ2v) is 4.48. The molecule has 120 valence electrons. The molecule has 1 amide bonds. The smallest absolute Gasteiger partial charge is 0.328 e. The molecule has 0 unspecified atom stereocenters. The van der Waals surface area contributed by atoms with Crippen LogP contribution in [0.15, 0.2) is 55.4 Å². The van der Waals surface area contributed by atoms with Crippen molar-refractivity contribution in [2.24, 2.45) is 5.73 Å². The van der Waals surface area contributed by atoms with E-state index in [-0.39, 0.29) is 6.42 Å². The third kappa shape index (κ3) is 6.85. The molecular formula is C16H18N4O3. The highest BCUT2D eigenvalue weighted by atomic mass is 16.4. The summed E-state index contributed by atoms with van der Waals surface area (Å²) < 4.78 is 0. The Hall–Kier alpha value is -3.22. The number of carbonyl (C=O) groups excluding carboxylic acids is 1. The van der Waals surface area contributed by atoms with Gasteiger partial charge in [0.05, 0.1) is 18.1 Å². The number of nitrogens with one attached hydrogen (secondary N) is 1. The van der Waals surface area contributed by atoms with Gasteiger partial charge in [-0.1, -0.05) is 19.2 Å². The van der Waals surface area contributed by atoms with Gasteiger partial charge in [-0.2, -0.15) is 0 Å². The van der Waals surface area contributed by atoms with E-state index >= 15 is 0 Å². The van der Waals surface area contributed by atoms with Crippen LogP contribution in [0.4, 0.5) is 5.82 Å². The van der Waals surface area contributed by atoms with Crippen molar-refractivity contribution in [3.05, 3.63) is 61.1 Å². The molecule has 0 spiro atoms. The number of nitrogens with two attached hydrogens (primary N) is 1. The third-order valence-corrected chi connectivity index (χ3v) is 2.61.